The molecule has 6 nitrogen and oxygen atoms in total. The molecule has 0 spiro atoms. The third-order valence-corrected chi connectivity index (χ3v) is 5.81. The highest BCUT2D eigenvalue weighted by atomic mass is 32.2. The molecule has 21 heavy (non-hydrogen) atoms. The lowest BCUT2D eigenvalue weighted by molar-refractivity contribution is -0.116. The third kappa shape index (κ3) is 3.25. The average molecular weight is 311 g/mol. The zero-order chi connectivity index (χ0) is 15.6. The van der Waals surface area contributed by atoms with Crippen LogP contribution < -0.4 is 11.1 Å². The largest absolute Gasteiger partial charge is 0.329 e. The molecule has 1 unspecified atom stereocenters. The molecule has 1 amide bonds. The Kier molecular flexibility index (Phi) is 4.65. The van der Waals surface area contributed by atoms with E-state index in [2.05, 4.69) is 5.32 Å². The summed E-state index contributed by atoms with van der Waals surface area (Å²) in [5.74, 6) is -0.0294. The molecule has 0 saturated carbocycles. The van der Waals surface area contributed by atoms with Crippen LogP contribution in [0.4, 0.5) is 5.69 Å². The Hall–Kier alpha value is -1.44. The summed E-state index contributed by atoms with van der Waals surface area (Å²) in [6.07, 6.45) is 1.87. The van der Waals surface area contributed by atoms with E-state index in [0.29, 0.717) is 18.5 Å². The number of sulfonamides is 1. The number of likely N-dealkylation sites (N-methyl/N-ethyl adjacent to an activating group) is 1. The van der Waals surface area contributed by atoms with E-state index < -0.39 is 10.0 Å². The molecule has 1 heterocycles. The second-order valence-electron chi connectivity index (χ2n) is 5.33. The summed E-state index contributed by atoms with van der Waals surface area (Å²) in [6, 6.07) is 4.57. The zero-order valence-electron chi connectivity index (χ0n) is 12.3. The van der Waals surface area contributed by atoms with Gasteiger partial charge in [0.15, 0.2) is 0 Å². The fraction of sp³-hybridized carbons (Fsp3) is 0.500. The Balaban J connectivity index is 2.38. The number of carbonyl (C=O) groups is 1. The van der Waals surface area contributed by atoms with Crippen molar-refractivity contribution in [2.75, 3.05) is 18.9 Å². The first kappa shape index (κ1) is 15.9. The predicted octanol–water partition coefficient (Wildman–Crippen LogP) is 0.929. The van der Waals surface area contributed by atoms with Crippen molar-refractivity contribution in [1.29, 1.82) is 0 Å². The van der Waals surface area contributed by atoms with Crippen LogP contribution >= 0.6 is 0 Å². The maximum atomic E-state index is 12.6. The highest BCUT2D eigenvalue weighted by Crippen LogP contribution is 2.26. The maximum Gasteiger partial charge on any atom is 0.243 e. The quantitative estimate of drug-likeness (QED) is 0.865. The molecule has 0 bridgehead atoms. The minimum atomic E-state index is -3.57. The predicted molar refractivity (Wildman–Crippen MR) is 81.5 cm³/mol. The molecule has 0 radical (unpaired) electrons. The van der Waals surface area contributed by atoms with Gasteiger partial charge in [-0.2, -0.15) is 4.31 Å². The maximum absolute atomic E-state index is 12.6. The van der Waals surface area contributed by atoms with Crippen LogP contribution in [0.1, 0.15) is 25.3 Å². The summed E-state index contributed by atoms with van der Waals surface area (Å²) >= 11 is 0. The van der Waals surface area contributed by atoms with E-state index in [-0.39, 0.29) is 23.4 Å². The summed E-state index contributed by atoms with van der Waals surface area (Å²) < 4.78 is 26.4. The number of anilines is 1. The molecule has 2 rings (SSSR count). The van der Waals surface area contributed by atoms with Gasteiger partial charge >= 0.3 is 0 Å². The normalized spacial score (nSPS) is 17.0. The number of carbonyl (C=O) groups excluding carboxylic acids is 1. The standard InChI is InChI=1S/C14H21N3O3S/c1-10(9-15)17(2)21(19,20)12-6-7-13-11(8-12)4-3-5-14(18)16-13/h6-8,10H,3-5,9,15H2,1-2H3,(H,16,18). The first-order valence-corrected chi connectivity index (χ1v) is 8.41. The van der Waals surface area contributed by atoms with Crippen molar-refractivity contribution in [2.45, 2.75) is 37.1 Å². The minimum absolute atomic E-state index is 0.0294. The van der Waals surface area contributed by atoms with Gasteiger partial charge < -0.3 is 11.1 Å². The molecule has 1 aliphatic heterocycles. The molecule has 1 aromatic rings. The van der Waals surface area contributed by atoms with Crippen LogP contribution in [0.2, 0.25) is 0 Å². The van der Waals surface area contributed by atoms with Crippen molar-refractivity contribution in [3.8, 4) is 0 Å². The van der Waals surface area contributed by atoms with Crippen molar-refractivity contribution in [3.63, 3.8) is 0 Å². The van der Waals surface area contributed by atoms with Gasteiger partial charge in [0.1, 0.15) is 0 Å². The molecule has 7 heteroatoms. The Morgan fingerprint density at radius 1 is 1.38 bits per heavy atom. The number of nitrogens with zero attached hydrogens (tertiary/aromatic N) is 1. The Bertz CT molecular complexity index is 643. The fourth-order valence-electron chi connectivity index (χ4n) is 2.26. The van der Waals surface area contributed by atoms with Crippen molar-refractivity contribution >= 4 is 21.6 Å². The van der Waals surface area contributed by atoms with Crippen LogP contribution in [0, 0.1) is 0 Å². The van der Waals surface area contributed by atoms with Crippen LogP contribution in [0.15, 0.2) is 23.1 Å². The highest BCUT2D eigenvalue weighted by Gasteiger charge is 2.26. The van der Waals surface area contributed by atoms with Crippen molar-refractivity contribution in [1.82, 2.24) is 4.31 Å². The Morgan fingerprint density at radius 3 is 2.76 bits per heavy atom. The van der Waals surface area contributed by atoms with E-state index in [0.717, 1.165) is 12.0 Å². The lowest BCUT2D eigenvalue weighted by Gasteiger charge is -2.23. The van der Waals surface area contributed by atoms with Gasteiger partial charge in [0.05, 0.1) is 4.90 Å². The van der Waals surface area contributed by atoms with E-state index in [1.54, 1.807) is 19.1 Å². The molecule has 1 atom stereocenters. The third-order valence-electron chi connectivity index (χ3n) is 3.84. The monoisotopic (exact) mass is 311 g/mol. The molecule has 0 aromatic heterocycles. The van der Waals surface area contributed by atoms with Gasteiger partial charge in [-0.3, -0.25) is 4.79 Å². The van der Waals surface area contributed by atoms with Crippen molar-refractivity contribution < 1.29 is 13.2 Å². The van der Waals surface area contributed by atoms with Gasteiger partial charge in [-0.15, -0.1) is 0 Å². The average Bonchev–Trinajstić information content (AvgIpc) is 2.65. The summed E-state index contributed by atoms with van der Waals surface area (Å²) in [5, 5.41) is 2.80. The van der Waals surface area contributed by atoms with E-state index in [4.69, 9.17) is 5.73 Å². The van der Waals surface area contributed by atoms with E-state index in [9.17, 15) is 13.2 Å². The van der Waals surface area contributed by atoms with Gasteiger partial charge in [0, 0.05) is 31.7 Å². The first-order chi connectivity index (χ1) is 9.86. The molecular formula is C14H21N3O3S. The lowest BCUT2D eigenvalue weighted by atomic mass is 10.1. The van der Waals surface area contributed by atoms with Crippen LogP contribution in [0.5, 0.6) is 0 Å². The van der Waals surface area contributed by atoms with Gasteiger partial charge in [-0.25, -0.2) is 8.42 Å². The number of hydrogen-bond acceptors (Lipinski definition) is 4. The molecule has 3 N–H and O–H groups in total. The van der Waals surface area contributed by atoms with Crippen LogP contribution in [-0.4, -0.2) is 38.3 Å². The number of nitrogens with two attached hydrogens (primary N) is 1. The zero-order valence-corrected chi connectivity index (χ0v) is 13.1. The summed E-state index contributed by atoms with van der Waals surface area (Å²) in [4.78, 5) is 11.7. The topological polar surface area (TPSA) is 92.5 Å². The molecule has 1 aliphatic rings. The number of hydrogen-bond donors (Lipinski definition) is 2. The van der Waals surface area contributed by atoms with Gasteiger partial charge in [0.25, 0.3) is 0 Å². The van der Waals surface area contributed by atoms with E-state index >= 15 is 0 Å². The number of benzene rings is 1. The van der Waals surface area contributed by atoms with Gasteiger partial charge in [-0.1, -0.05) is 0 Å². The van der Waals surface area contributed by atoms with E-state index in [1.165, 1.54) is 17.4 Å². The summed E-state index contributed by atoms with van der Waals surface area (Å²) in [5.41, 5.74) is 7.10. The fourth-order valence-corrected chi connectivity index (χ4v) is 3.69. The molecule has 1 aromatic carbocycles. The number of rotatable bonds is 4. The van der Waals surface area contributed by atoms with Crippen LogP contribution in [0.25, 0.3) is 0 Å². The Labute approximate surface area is 125 Å². The molecular weight excluding hydrogens is 290 g/mol. The molecule has 0 saturated heterocycles. The molecule has 0 fully saturated rings. The van der Waals surface area contributed by atoms with E-state index in [1.807, 2.05) is 0 Å². The second kappa shape index (κ2) is 6.13. The van der Waals surface area contributed by atoms with Crippen molar-refractivity contribution in [2.24, 2.45) is 5.73 Å². The van der Waals surface area contributed by atoms with Gasteiger partial charge in [0.2, 0.25) is 15.9 Å². The minimum Gasteiger partial charge on any atom is -0.329 e. The van der Waals surface area contributed by atoms with Gasteiger partial charge in [-0.05, 0) is 43.5 Å². The lowest BCUT2D eigenvalue weighted by Crippen LogP contribution is -2.39. The number of amides is 1. The molecule has 116 valence electrons. The molecule has 0 aliphatic carbocycles. The first-order valence-electron chi connectivity index (χ1n) is 6.97. The van der Waals surface area contributed by atoms with Crippen molar-refractivity contribution in [3.05, 3.63) is 23.8 Å². The smallest absolute Gasteiger partial charge is 0.243 e. The van der Waals surface area contributed by atoms with Crippen LogP contribution in [-0.2, 0) is 21.2 Å². The van der Waals surface area contributed by atoms with Crippen LogP contribution in [0.3, 0.4) is 0 Å². The number of nitrogens with one attached hydrogen (secondary N) is 1. The summed E-state index contributed by atoms with van der Waals surface area (Å²) in [7, 11) is -2.04. The second-order valence-corrected chi connectivity index (χ2v) is 7.32. The number of aryl methyl sites for hydroxylation is 1. The summed E-state index contributed by atoms with van der Waals surface area (Å²) in [6.45, 7) is 2.03. The highest BCUT2D eigenvalue weighted by molar-refractivity contribution is 7.89. The number of fused-ring (bicyclic) bond motifs is 1. The Morgan fingerprint density at radius 2 is 2.10 bits per heavy atom. The SMILES string of the molecule is CC(CN)N(C)S(=O)(=O)c1ccc2c(c1)CCCC(=O)N2.